The van der Waals surface area contributed by atoms with E-state index in [1.165, 1.54) is 0 Å². The quantitative estimate of drug-likeness (QED) is 0.433. The fourth-order valence-corrected chi connectivity index (χ4v) is 1.75. The number of carboxylic acid groups (broad SMARTS) is 1. The van der Waals surface area contributed by atoms with Crippen molar-refractivity contribution in [2.24, 2.45) is 0 Å². The van der Waals surface area contributed by atoms with Gasteiger partial charge in [-0.1, -0.05) is 38.5 Å². The monoisotopic (exact) mass is 274 g/mol. The minimum atomic E-state index is -0.707. The molecule has 0 aliphatic carbocycles. The summed E-state index contributed by atoms with van der Waals surface area (Å²) >= 11 is 0. The molecule has 0 aromatic rings. The number of ether oxygens (including phenoxy) is 2. The SMILES string of the molecule is CCOC(=O)OCCCCCCCCCCC(=O)O. The molecule has 0 aromatic heterocycles. The summed E-state index contributed by atoms with van der Waals surface area (Å²) in [5, 5.41) is 8.46. The van der Waals surface area contributed by atoms with Gasteiger partial charge in [0.1, 0.15) is 0 Å². The Balaban J connectivity index is 3.06. The van der Waals surface area contributed by atoms with Crippen LogP contribution in [0.15, 0.2) is 0 Å². The number of carbonyl (C=O) groups is 2. The summed E-state index contributed by atoms with van der Waals surface area (Å²) in [5.41, 5.74) is 0. The molecule has 0 aromatic carbocycles. The lowest BCUT2D eigenvalue weighted by molar-refractivity contribution is -0.137. The summed E-state index contributed by atoms with van der Waals surface area (Å²) in [6.07, 6.45) is 7.95. The molecule has 0 radical (unpaired) electrons. The molecule has 0 rings (SSSR count). The van der Waals surface area contributed by atoms with E-state index in [9.17, 15) is 9.59 Å². The standard InChI is InChI=1S/C14H26O5/c1-2-18-14(17)19-12-10-8-6-4-3-5-7-9-11-13(15)16/h2-12H2,1H3,(H,15,16). The highest BCUT2D eigenvalue weighted by Crippen LogP contribution is 2.09. The average molecular weight is 274 g/mol. The molecule has 0 atom stereocenters. The lowest BCUT2D eigenvalue weighted by Gasteiger charge is -2.04. The van der Waals surface area contributed by atoms with Gasteiger partial charge in [-0.25, -0.2) is 4.79 Å². The van der Waals surface area contributed by atoms with Crippen LogP contribution in [0.2, 0.25) is 0 Å². The summed E-state index contributed by atoms with van der Waals surface area (Å²) in [6, 6.07) is 0. The minimum Gasteiger partial charge on any atom is -0.481 e. The first-order valence-electron chi connectivity index (χ1n) is 7.18. The smallest absolute Gasteiger partial charge is 0.481 e. The van der Waals surface area contributed by atoms with Crippen molar-refractivity contribution in [2.45, 2.75) is 64.7 Å². The van der Waals surface area contributed by atoms with Crippen LogP contribution < -0.4 is 0 Å². The van der Waals surface area contributed by atoms with Gasteiger partial charge in [-0.3, -0.25) is 4.79 Å². The van der Waals surface area contributed by atoms with E-state index in [2.05, 4.69) is 4.74 Å². The van der Waals surface area contributed by atoms with E-state index in [-0.39, 0.29) is 6.42 Å². The summed E-state index contributed by atoms with van der Waals surface area (Å²) in [6.45, 7) is 2.52. The third kappa shape index (κ3) is 14.7. The van der Waals surface area contributed by atoms with Gasteiger partial charge in [0, 0.05) is 6.42 Å². The van der Waals surface area contributed by atoms with Crippen molar-refractivity contribution in [2.75, 3.05) is 13.2 Å². The number of hydrogen-bond acceptors (Lipinski definition) is 4. The van der Waals surface area contributed by atoms with Crippen LogP contribution in [-0.2, 0) is 14.3 Å². The Kier molecular flexibility index (Phi) is 12.3. The first kappa shape index (κ1) is 17.7. The molecule has 0 spiro atoms. The van der Waals surface area contributed by atoms with Gasteiger partial charge in [0.25, 0.3) is 0 Å². The second kappa shape index (κ2) is 13.2. The normalized spacial score (nSPS) is 10.2. The van der Waals surface area contributed by atoms with Crippen LogP contribution in [0.1, 0.15) is 64.7 Å². The van der Waals surface area contributed by atoms with Gasteiger partial charge in [0.15, 0.2) is 0 Å². The van der Waals surface area contributed by atoms with Gasteiger partial charge in [-0.15, -0.1) is 0 Å². The van der Waals surface area contributed by atoms with Gasteiger partial charge in [-0.2, -0.15) is 0 Å². The molecule has 0 saturated carbocycles. The molecule has 0 fully saturated rings. The van der Waals surface area contributed by atoms with E-state index >= 15 is 0 Å². The zero-order valence-electron chi connectivity index (χ0n) is 11.9. The lowest BCUT2D eigenvalue weighted by Crippen LogP contribution is -2.07. The zero-order valence-corrected chi connectivity index (χ0v) is 11.9. The highest BCUT2D eigenvalue weighted by molar-refractivity contribution is 5.66. The van der Waals surface area contributed by atoms with Crippen molar-refractivity contribution in [1.82, 2.24) is 0 Å². The Morgan fingerprint density at radius 2 is 1.37 bits per heavy atom. The summed E-state index contributed by atoms with van der Waals surface area (Å²) < 4.78 is 9.49. The highest BCUT2D eigenvalue weighted by Gasteiger charge is 2.00. The molecule has 0 aliphatic heterocycles. The van der Waals surface area contributed by atoms with Gasteiger partial charge < -0.3 is 14.6 Å². The van der Waals surface area contributed by atoms with Crippen LogP contribution in [0.3, 0.4) is 0 Å². The number of carbonyl (C=O) groups excluding carboxylic acids is 1. The molecule has 0 unspecified atom stereocenters. The second-order valence-electron chi connectivity index (χ2n) is 4.50. The Morgan fingerprint density at radius 3 is 1.89 bits per heavy atom. The Morgan fingerprint density at radius 1 is 0.842 bits per heavy atom. The Bertz CT molecular complexity index is 240. The van der Waals surface area contributed by atoms with Crippen LogP contribution in [0.4, 0.5) is 4.79 Å². The summed E-state index contributed by atoms with van der Waals surface area (Å²) in [4.78, 5) is 21.1. The van der Waals surface area contributed by atoms with Crippen LogP contribution in [0.5, 0.6) is 0 Å². The molecule has 5 nitrogen and oxygen atoms in total. The van der Waals surface area contributed by atoms with Crippen LogP contribution >= 0.6 is 0 Å². The molecular formula is C14H26O5. The van der Waals surface area contributed by atoms with Crippen LogP contribution in [-0.4, -0.2) is 30.4 Å². The summed E-state index contributed by atoms with van der Waals surface area (Å²) in [7, 11) is 0. The summed E-state index contributed by atoms with van der Waals surface area (Å²) in [5.74, 6) is -0.707. The van der Waals surface area contributed by atoms with Crippen molar-refractivity contribution in [3.63, 3.8) is 0 Å². The molecule has 0 heterocycles. The molecule has 0 aliphatic rings. The molecule has 0 bridgehead atoms. The van der Waals surface area contributed by atoms with Crippen molar-refractivity contribution < 1.29 is 24.2 Å². The molecule has 112 valence electrons. The number of carboxylic acids is 1. The lowest BCUT2D eigenvalue weighted by atomic mass is 10.1. The third-order valence-electron chi connectivity index (χ3n) is 2.77. The van der Waals surface area contributed by atoms with E-state index in [1.807, 2.05) is 0 Å². The number of unbranched alkanes of at least 4 members (excludes halogenated alkanes) is 7. The Labute approximate surface area is 115 Å². The number of hydrogen-bond donors (Lipinski definition) is 1. The van der Waals surface area contributed by atoms with E-state index in [1.54, 1.807) is 6.92 Å². The van der Waals surface area contributed by atoms with Crippen molar-refractivity contribution in [3.05, 3.63) is 0 Å². The van der Waals surface area contributed by atoms with Gasteiger partial charge in [0.2, 0.25) is 0 Å². The average Bonchev–Trinajstić information content (AvgIpc) is 2.36. The second-order valence-corrected chi connectivity index (χ2v) is 4.50. The van der Waals surface area contributed by atoms with Crippen LogP contribution in [0, 0.1) is 0 Å². The molecule has 0 saturated heterocycles. The van der Waals surface area contributed by atoms with Crippen LogP contribution in [0.25, 0.3) is 0 Å². The van der Waals surface area contributed by atoms with E-state index < -0.39 is 12.1 Å². The first-order valence-corrected chi connectivity index (χ1v) is 7.18. The third-order valence-corrected chi connectivity index (χ3v) is 2.77. The van der Waals surface area contributed by atoms with E-state index in [0.717, 1.165) is 51.4 Å². The predicted molar refractivity (Wildman–Crippen MR) is 72.2 cm³/mol. The van der Waals surface area contributed by atoms with E-state index in [4.69, 9.17) is 9.84 Å². The first-order chi connectivity index (χ1) is 9.16. The van der Waals surface area contributed by atoms with Crippen molar-refractivity contribution in [3.8, 4) is 0 Å². The topological polar surface area (TPSA) is 72.8 Å². The number of rotatable bonds is 12. The zero-order chi connectivity index (χ0) is 14.3. The van der Waals surface area contributed by atoms with Gasteiger partial charge in [-0.05, 0) is 19.8 Å². The predicted octanol–water partition coefficient (Wildman–Crippen LogP) is 3.76. The van der Waals surface area contributed by atoms with E-state index in [0.29, 0.717) is 13.2 Å². The molecule has 0 amide bonds. The largest absolute Gasteiger partial charge is 0.508 e. The highest BCUT2D eigenvalue weighted by atomic mass is 16.7. The van der Waals surface area contributed by atoms with Gasteiger partial charge >= 0.3 is 12.1 Å². The maximum Gasteiger partial charge on any atom is 0.508 e. The maximum absolute atomic E-state index is 10.8. The van der Waals surface area contributed by atoms with Crippen molar-refractivity contribution >= 4 is 12.1 Å². The van der Waals surface area contributed by atoms with Crippen molar-refractivity contribution in [1.29, 1.82) is 0 Å². The minimum absolute atomic E-state index is 0.283. The molecule has 1 N–H and O–H groups in total. The number of aliphatic carboxylic acids is 1. The Hall–Kier alpha value is -1.26. The maximum atomic E-state index is 10.8. The molecular weight excluding hydrogens is 248 g/mol. The molecule has 19 heavy (non-hydrogen) atoms. The molecule has 5 heteroatoms. The fourth-order valence-electron chi connectivity index (χ4n) is 1.75. The fraction of sp³-hybridized carbons (Fsp3) is 0.857. The van der Waals surface area contributed by atoms with Gasteiger partial charge in [0.05, 0.1) is 13.2 Å².